The third kappa shape index (κ3) is 4.47. The second-order valence-electron chi connectivity index (χ2n) is 5.69. The van der Waals surface area contributed by atoms with Crippen LogP contribution in [-0.4, -0.2) is 33.2 Å². The van der Waals surface area contributed by atoms with Crippen LogP contribution in [0.1, 0.15) is 10.6 Å². The fourth-order valence-corrected chi connectivity index (χ4v) is 3.11. The molecule has 1 amide bonds. The van der Waals surface area contributed by atoms with Crippen molar-refractivity contribution >= 4 is 50.0 Å². The number of benzene rings is 2. The third-order valence-corrected chi connectivity index (χ3v) is 5.04. The Morgan fingerprint density at radius 2 is 1.89 bits per heavy atom. The molecule has 0 aliphatic rings. The number of nitrogens with one attached hydrogen (secondary N) is 1. The summed E-state index contributed by atoms with van der Waals surface area (Å²) in [5, 5.41) is 3.30. The molecule has 0 unspecified atom stereocenters. The van der Waals surface area contributed by atoms with Crippen LogP contribution in [0.15, 0.2) is 57.8 Å². The molecule has 0 saturated heterocycles. The van der Waals surface area contributed by atoms with Crippen molar-refractivity contribution in [3.05, 3.63) is 59.3 Å². The van der Waals surface area contributed by atoms with E-state index in [9.17, 15) is 18.0 Å². The Kier molecular flexibility index (Phi) is 5.20. The monoisotopic (exact) mass is 407 g/mol. The number of carbonyl (C=O) groups is 2. The van der Waals surface area contributed by atoms with E-state index >= 15 is 0 Å². The van der Waals surface area contributed by atoms with Gasteiger partial charge in [0.15, 0.2) is 16.4 Å². The number of ether oxygens (including phenoxy) is 1. The summed E-state index contributed by atoms with van der Waals surface area (Å²) in [6.07, 6.45) is 1.04. The fourth-order valence-electron chi connectivity index (χ4n) is 2.30. The number of anilines is 1. The highest BCUT2D eigenvalue weighted by atomic mass is 35.5. The van der Waals surface area contributed by atoms with Gasteiger partial charge in [0, 0.05) is 11.6 Å². The molecule has 0 radical (unpaired) electrons. The molecule has 3 rings (SSSR count). The SMILES string of the molecule is CS(=O)(=O)c1ccc(Cl)c(NC(=O)COC(=O)c2cc3ccccc3o2)c1. The summed E-state index contributed by atoms with van der Waals surface area (Å²) in [5.41, 5.74) is 0.627. The summed E-state index contributed by atoms with van der Waals surface area (Å²) in [6, 6.07) is 12.5. The molecule has 0 fully saturated rings. The van der Waals surface area contributed by atoms with Gasteiger partial charge in [0.1, 0.15) is 5.58 Å². The van der Waals surface area contributed by atoms with Gasteiger partial charge in [-0.15, -0.1) is 0 Å². The van der Waals surface area contributed by atoms with E-state index in [0.29, 0.717) is 5.58 Å². The molecule has 1 heterocycles. The second-order valence-corrected chi connectivity index (χ2v) is 8.11. The second kappa shape index (κ2) is 7.42. The first-order valence-electron chi connectivity index (χ1n) is 7.69. The van der Waals surface area contributed by atoms with Crippen LogP contribution in [0, 0.1) is 0 Å². The molecule has 7 nitrogen and oxygen atoms in total. The van der Waals surface area contributed by atoms with E-state index in [0.717, 1.165) is 11.6 Å². The lowest BCUT2D eigenvalue weighted by molar-refractivity contribution is -0.119. The van der Waals surface area contributed by atoms with Crippen LogP contribution < -0.4 is 5.32 Å². The van der Waals surface area contributed by atoms with Crippen LogP contribution >= 0.6 is 11.6 Å². The quantitative estimate of drug-likeness (QED) is 0.651. The van der Waals surface area contributed by atoms with E-state index in [2.05, 4.69) is 5.32 Å². The minimum Gasteiger partial charge on any atom is -0.450 e. The number of furan rings is 1. The first kappa shape index (κ1) is 18.9. The first-order chi connectivity index (χ1) is 12.7. The van der Waals surface area contributed by atoms with Crippen LogP contribution in [-0.2, 0) is 19.4 Å². The molecular formula is C18H14ClNO6S. The highest BCUT2D eigenvalue weighted by molar-refractivity contribution is 7.90. The number of fused-ring (bicyclic) bond motifs is 1. The first-order valence-corrected chi connectivity index (χ1v) is 9.96. The molecule has 9 heteroatoms. The van der Waals surface area contributed by atoms with Gasteiger partial charge in [-0.25, -0.2) is 13.2 Å². The lowest BCUT2D eigenvalue weighted by atomic mass is 10.2. The van der Waals surface area contributed by atoms with Gasteiger partial charge in [-0.05, 0) is 30.3 Å². The van der Waals surface area contributed by atoms with E-state index in [-0.39, 0.29) is 21.4 Å². The van der Waals surface area contributed by atoms with Gasteiger partial charge in [-0.1, -0.05) is 29.8 Å². The van der Waals surface area contributed by atoms with E-state index in [4.69, 9.17) is 20.8 Å². The highest BCUT2D eigenvalue weighted by Gasteiger charge is 2.17. The average molecular weight is 408 g/mol. The predicted octanol–water partition coefficient (Wildman–Crippen LogP) is 3.29. The zero-order chi connectivity index (χ0) is 19.6. The molecule has 0 aliphatic carbocycles. The maximum Gasteiger partial charge on any atom is 0.374 e. The number of sulfone groups is 1. The van der Waals surface area contributed by atoms with Crippen molar-refractivity contribution in [3.63, 3.8) is 0 Å². The van der Waals surface area contributed by atoms with Crippen molar-refractivity contribution < 1.29 is 27.2 Å². The lowest BCUT2D eigenvalue weighted by Gasteiger charge is -2.09. The molecular weight excluding hydrogens is 394 g/mol. The Hall–Kier alpha value is -2.84. The molecule has 1 N–H and O–H groups in total. The summed E-state index contributed by atoms with van der Waals surface area (Å²) in [6.45, 7) is -0.588. The molecule has 0 atom stereocenters. The number of carbonyl (C=O) groups excluding carboxylic acids is 2. The number of amides is 1. The van der Waals surface area contributed by atoms with Gasteiger partial charge < -0.3 is 14.5 Å². The van der Waals surface area contributed by atoms with Crippen molar-refractivity contribution in [2.45, 2.75) is 4.90 Å². The minimum atomic E-state index is -3.46. The summed E-state index contributed by atoms with van der Waals surface area (Å²) < 4.78 is 33.5. The summed E-state index contributed by atoms with van der Waals surface area (Å²) in [5.74, 6) is -1.49. The normalized spacial score (nSPS) is 11.3. The predicted molar refractivity (Wildman–Crippen MR) is 99.7 cm³/mol. The smallest absolute Gasteiger partial charge is 0.374 e. The number of esters is 1. The molecule has 3 aromatic rings. The van der Waals surface area contributed by atoms with Crippen LogP contribution in [0.3, 0.4) is 0 Å². The van der Waals surface area contributed by atoms with Crippen molar-refractivity contribution in [2.75, 3.05) is 18.2 Å². The van der Waals surface area contributed by atoms with Gasteiger partial charge >= 0.3 is 5.97 Å². The standard InChI is InChI=1S/C18H14ClNO6S/c1-27(23,24)12-6-7-13(19)14(9-12)20-17(21)10-25-18(22)16-8-11-4-2-3-5-15(11)26-16/h2-9H,10H2,1H3,(H,20,21). The Balaban J connectivity index is 1.65. The molecule has 1 aromatic heterocycles. The maximum absolute atomic E-state index is 12.0. The largest absolute Gasteiger partial charge is 0.450 e. The summed E-state index contributed by atoms with van der Waals surface area (Å²) in [4.78, 5) is 24.0. The van der Waals surface area contributed by atoms with E-state index in [1.165, 1.54) is 24.3 Å². The van der Waals surface area contributed by atoms with Crippen LogP contribution in [0.4, 0.5) is 5.69 Å². The highest BCUT2D eigenvalue weighted by Crippen LogP contribution is 2.25. The Morgan fingerprint density at radius 3 is 2.59 bits per heavy atom. The zero-order valence-corrected chi connectivity index (χ0v) is 15.6. The average Bonchev–Trinajstić information content (AvgIpc) is 3.05. The number of hydrogen-bond donors (Lipinski definition) is 1. The number of para-hydroxylation sites is 1. The topological polar surface area (TPSA) is 103 Å². The fraction of sp³-hybridized carbons (Fsp3) is 0.111. The molecule has 0 spiro atoms. The number of rotatable bonds is 5. The van der Waals surface area contributed by atoms with Crippen molar-refractivity contribution in [1.82, 2.24) is 0 Å². The number of hydrogen-bond acceptors (Lipinski definition) is 6. The van der Waals surface area contributed by atoms with Gasteiger partial charge in [0.25, 0.3) is 5.91 Å². The molecule has 27 heavy (non-hydrogen) atoms. The molecule has 0 saturated carbocycles. The summed E-state index contributed by atoms with van der Waals surface area (Å²) in [7, 11) is -3.46. The Bertz CT molecular complexity index is 1100. The van der Waals surface area contributed by atoms with Crippen molar-refractivity contribution in [3.8, 4) is 0 Å². The van der Waals surface area contributed by atoms with Gasteiger partial charge in [0.2, 0.25) is 5.76 Å². The van der Waals surface area contributed by atoms with E-state index in [1.54, 1.807) is 24.3 Å². The van der Waals surface area contributed by atoms with Gasteiger partial charge in [-0.3, -0.25) is 4.79 Å². The van der Waals surface area contributed by atoms with E-state index in [1.807, 2.05) is 0 Å². The lowest BCUT2D eigenvalue weighted by Crippen LogP contribution is -2.21. The van der Waals surface area contributed by atoms with Crippen molar-refractivity contribution in [2.24, 2.45) is 0 Å². The Morgan fingerprint density at radius 1 is 1.15 bits per heavy atom. The van der Waals surface area contributed by atoms with Crippen molar-refractivity contribution in [1.29, 1.82) is 0 Å². The molecule has 0 aliphatic heterocycles. The molecule has 140 valence electrons. The number of halogens is 1. The van der Waals surface area contributed by atoms with E-state index < -0.39 is 28.3 Å². The van der Waals surface area contributed by atoms with Crippen LogP contribution in [0.5, 0.6) is 0 Å². The molecule has 2 aromatic carbocycles. The molecule has 0 bridgehead atoms. The van der Waals surface area contributed by atoms with Crippen LogP contribution in [0.2, 0.25) is 5.02 Å². The van der Waals surface area contributed by atoms with Gasteiger partial charge in [0.05, 0.1) is 15.6 Å². The van der Waals surface area contributed by atoms with Crippen LogP contribution in [0.25, 0.3) is 11.0 Å². The third-order valence-electron chi connectivity index (χ3n) is 3.60. The Labute approximate surface area is 159 Å². The summed E-state index contributed by atoms with van der Waals surface area (Å²) >= 11 is 5.96. The zero-order valence-electron chi connectivity index (χ0n) is 14.1. The van der Waals surface area contributed by atoms with Gasteiger partial charge in [-0.2, -0.15) is 0 Å². The maximum atomic E-state index is 12.0. The minimum absolute atomic E-state index is 0.00136.